The Morgan fingerprint density at radius 3 is 2.41 bits per heavy atom. The molecule has 166 valence electrons. The third kappa shape index (κ3) is 3.77. The molecule has 2 fully saturated rings. The summed E-state index contributed by atoms with van der Waals surface area (Å²) >= 11 is 0. The molecule has 0 aromatic heterocycles. The van der Waals surface area contributed by atoms with Crippen LogP contribution in [-0.4, -0.2) is 10.7 Å². The van der Waals surface area contributed by atoms with Crippen LogP contribution in [0.5, 0.6) is 0 Å². The topological polar surface area (TPSA) is 20.2 Å². The summed E-state index contributed by atoms with van der Waals surface area (Å²) in [6.45, 7) is 14.6. The van der Waals surface area contributed by atoms with Crippen LogP contribution in [0.3, 0.4) is 0 Å². The Balaban J connectivity index is 1.53. The molecule has 0 bridgehead atoms. The normalized spacial score (nSPS) is 45.7. The van der Waals surface area contributed by atoms with Gasteiger partial charge in [-0.2, -0.15) is 0 Å². The Kier molecular flexibility index (Phi) is 5.81. The summed E-state index contributed by atoms with van der Waals surface area (Å²) < 4.78 is 0. The van der Waals surface area contributed by atoms with E-state index < -0.39 is 5.60 Å². The molecule has 0 saturated heterocycles. The van der Waals surface area contributed by atoms with Crippen LogP contribution < -0.4 is 0 Å². The molecule has 4 rings (SSSR count). The molecular formula is C28H48O. The van der Waals surface area contributed by atoms with Gasteiger partial charge < -0.3 is 5.11 Å². The number of aliphatic hydroxyl groups is 1. The lowest BCUT2D eigenvalue weighted by atomic mass is 9.49. The largest absolute Gasteiger partial charge is 0.390 e. The van der Waals surface area contributed by atoms with Crippen LogP contribution in [0.15, 0.2) is 11.1 Å². The Morgan fingerprint density at radius 2 is 1.69 bits per heavy atom. The van der Waals surface area contributed by atoms with Gasteiger partial charge in [0.1, 0.15) is 0 Å². The second kappa shape index (κ2) is 7.68. The predicted molar refractivity (Wildman–Crippen MR) is 124 cm³/mol. The minimum atomic E-state index is -0.421. The van der Waals surface area contributed by atoms with Gasteiger partial charge in [-0.3, -0.25) is 0 Å². The van der Waals surface area contributed by atoms with Crippen molar-refractivity contribution in [1.82, 2.24) is 0 Å². The lowest BCUT2D eigenvalue weighted by molar-refractivity contribution is -0.0505. The highest BCUT2D eigenvalue weighted by atomic mass is 16.3. The molecule has 1 N–H and O–H groups in total. The van der Waals surface area contributed by atoms with Gasteiger partial charge in [0.25, 0.3) is 0 Å². The molecule has 1 heteroatoms. The standard InChI is InChI=1S/C28H48O/c1-19(2)8-7-9-20(3)23-12-13-24-22-11-10-21-18-26(4,29)16-17-27(21,5)25(22)14-15-28(23,24)6/h19-21,23-24,29H,7-18H2,1-6H3/t20-,21+,23-,24+,26+,27+,28-/m1/s1. The first kappa shape index (κ1) is 21.9. The molecule has 4 aliphatic rings. The fraction of sp³-hybridized carbons (Fsp3) is 0.929. The summed E-state index contributed by atoms with van der Waals surface area (Å²) in [7, 11) is 0. The van der Waals surface area contributed by atoms with E-state index in [0.717, 1.165) is 36.5 Å². The van der Waals surface area contributed by atoms with Crippen LogP contribution in [0.4, 0.5) is 0 Å². The van der Waals surface area contributed by atoms with Gasteiger partial charge in [0, 0.05) is 0 Å². The highest BCUT2D eigenvalue weighted by Crippen LogP contribution is 2.66. The van der Waals surface area contributed by atoms with Crippen molar-refractivity contribution in [2.24, 2.45) is 40.4 Å². The molecule has 0 amide bonds. The van der Waals surface area contributed by atoms with E-state index >= 15 is 0 Å². The SMILES string of the molecule is CC(C)CCC[C@@H](C)[C@H]1CC[C@H]2C3=C(CC[C@]12C)[C@@]1(C)CC[C@](C)(O)C[C@@H]1CC3. The van der Waals surface area contributed by atoms with Crippen molar-refractivity contribution < 1.29 is 5.11 Å². The molecule has 0 aromatic carbocycles. The zero-order valence-electron chi connectivity index (χ0n) is 20.3. The van der Waals surface area contributed by atoms with E-state index in [4.69, 9.17) is 0 Å². The number of allylic oxidation sites excluding steroid dienone is 2. The van der Waals surface area contributed by atoms with E-state index in [2.05, 4.69) is 41.5 Å². The van der Waals surface area contributed by atoms with Crippen molar-refractivity contribution in [3.05, 3.63) is 11.1 Å². The summed E-state index contributed by atoms with van der Waals surface area (Å²) in [5.41, 5.74) is 4.31. The smallest absolute Gasteiger partial charge is 0.0623 e. The summed E-state index contributed by atoms with van der Waals surface area (Å²) in [6, 6.07) is 0. The predicted octanol–water partition coefficient (Wildman–Crippen LogP) is 7.92. The number of rotatable bonds is 5. The van der Waals surface area contributed by atoms with Gasteiger partial charge >= 0.3 is 0 Å². The summed E-state index contributed by atoms with van der Waals surface area (Å²) in [4.78, 5) is 0. The Labute approximate surface area is 181 Å². The van der Waals surface area contributed by atoms with Crippen LogP contribution >= 0.6 is 0 Å². The molecule has 0 heterocycles. The zero-order valence-corrected chi connectivity index (χ0v) is 20.3. The highest BCUT2D eigenvalue weighted by Gasteiger charge is 2.56. The molecule has 1 nitrogen and oxygen atoms in total. The van der Waals surface area contributed by atoms with Crippen molar-refractivity contribution in [3.63, 3.8) is 0 Å². The second-order valence-corrected chi connectivity index (χ2v) is 12.9. The van der Waals surface area contributed by atoms with E-state index in [0.29, 0.717) is 16.7 Å². The van der Waals surface area contributed by atoms with Gasteiger partial charge in [-0.05, 0) is 105 Å². The summed E-state index contributed by atoms with van der Waals surface area (Å²) in [6.07, 6.45) is 15.8. The van der Waals surface area contributed by atoms with Crippen LogP contribution in [0.1, 0.15) is 119 Å². The average molecular weight is 401 g/mol. The van der Waals surface area contributed by atoms with Crippen molar-refractivity contribution in [1.29, 1.82) is 0 Å². The van der Waals surface area contributed by atoms with E-state index in [1.54, 1.807) is 0 Å². The molecule has 0 unspecified atom stereocenters. The minimum Gasteiger partial charge on any atom is -0.390 e. The number of fused-ring (bicyclic) bond motifs is 4. The van der Waals surface area contributed by atoms with E-state index in [-0.39, 0.29) is 0 Å². The molecule has 0 aliphatic heterocycles. The fourth-order valence-corrected chi connectivity index (χ4v) is 8.66. The lowest BCUT2D eigenvalue weighted by Gasteiger charge is -2.56. The Morgan fingerprint density at radius 1 is 0.931 bits per heavy atom. The van der Waals surface area contributed by atoms with Crippen molar-refractivity contribution in [2.75, 3.05) is 0 Å². The van der Waals surface area contributed by atoms with Crippen molar-refractivity contribution >= 4 is 0 Å². The van der Waals surface area contributed by atoms with Gasteiger partial charge in [0.15, 0.2) is 0 Å². The third-order valence-corrected chi connectivity index (χ3v) is 10.5. The van der Waals surface area contributed by atoms with Crippen LogP contribution in [0.25, 0.3) is 0 Å². The minimum absolute atomic E-state index is 0.387. The van der Waals surface area contributed by atoms with Crippen LogP contribution in [-0.2, 0) is 0 Å². The molecule has 7 atom stereocenters. The van der Waals surface area contributed by atoms with Crippen molar-refractivity contribution in [2.45, 2.75) is 124 Å². The summed E-state index contributed by atoms with van der Waals surface area (Å²) in [5.74, 6) is 4.25. The van der Waals surface area contributed by atoms with Gasteiger partial charge in [-0.25, -0.2) is 0 Å². The third-order valence-electron chi connectivity index (χ3n) is 10.5. The maximum Gasteiger partial charge on any atom is 0.0623 e. The van der Waals surface area contributed by atoms with E-state index in [1.165, 1.54) is 64.2 Å². The molecule has 0 aromatic rings. The first-order chi connectivity index (χ1) is 13.6. The second-order valence-electron chi connectivity index (χ2n) is 12.9. The maximum absolute atomic E-state index is 10.7. The molecule has 29 heavy (non-hydrogen) atoms. The van der Waals surface area contributed by atoms with E-state index in [1.807, 2.05) is 11.1 Å². The Hall–Kier alpha value is -0.300. The van der Waals surface area contributed by atoms with Gasteiger partial charge in [-0.15, -0.1) is 0 Å². The monoisotopic (exact) mass is 400 g/mol. The number of hydrogen-bond donors (Lipinski definition) is 1. The van der Waals surface area contributed by atoms with Gasteiger partial charge in [0.2, 0.25) is 0 Å². The van der Waals surface area contributed by atoms with Crippen LogP contribution in [0.2, 0.25) is 0 Å². The van der Waals surface area contributed by atoms with Crippen LogP contribution in [0, 0.1) is 40.4 Å². The molecular weight excluding hydrogens is 352 g/mol. The molecule has 0 spiro atoms. The lowest BCUT2D eigenvalue weighted by Crippen LogP contribution is -2.48. The number of hydrogen-bond acceptors (Lipinski definition) is 1. The van der Waals surface area contributed by atoms with Crippen molar-refractivity contribution in [3.8, 4) is 0 Å². The average Bonchev–Trinajstić information content (AvgIpc) is 2.99. The first-order valence-electron chi connectivity index (χ1n) is 13.0. The zero-order chi connectivity index (χ0) is 21.0. The Bertz CT molecular complexity index is 643. The first-order valence-corrected chi connectivity index (χ1v) is 13.0. The highest BCUT2D eigenvalue weighted by molar-refractivity contribution is 5.34. The molecule has 0 radical (unpaired) electrons. The van der Waals surface area contributed by atoms with E-state index in [9.17, 15) is 5.11 Å². The quantitative estimate of drug-likeness (QED) is 0.465. The summed E-state index contributed by atoms with van der Waals surface area (Å²) in [5, 5.41) is 10.7. The fourth-order valence-electron chi connectivity index (χ4n) is 8.66. The molecule has 4 aliphatic carbocycles. The maximum atomic E-state index is 10.7. The molecule has 2 saturated carbocycles. The van der Waals surface area contributed by atoms with Gasteiger partial charge in [0.05, 0.1) is 5.60 Å². The van der Waals surface area contributed by atoms with Gasteiger partial charge in [-0.1, -0.05) is 65.0 Å².